The lowest BCUT2D eigenvalue weighted by Crippen LogP contribution is -2.01. The molecule has 1 unspecified atom stereocenters. The third kappa shape index (κ3) is 3.11. The second kappa shape index (κ2) is 4.61. The fourth-order valence-electron chi connectivity index (χ4n) is 1.08. The Balaban J connectivity index is 4.68. The first kappa shape index (κ1) is 10.8. The maximum Gasteiger partial charge on any atom is 0.0520 e. The molecular weight excluding hydrogens is 156 g/mol. The van der Waals surface area contributed by atoms with E-state index in [0.29, 0.717) is 5.92 Å². The van der Waals surface area contributed by atoms with Gasteiger partial charge in [0.1, 0.15) is 0 Å². The van der Waals surface area contributed by atoms with Gasteiger partial charge in [-0.2, -0.15) is 0 Å². The number of hydrogen-bond donors (Lipinski definition) is 0. The van der Waals surface area contributed by atoms with Gasteiger partial charge in [-0.15, -0.1) is 11.6 Å². The van der Waals surface area contributed by atoms with Crippen molar-refractivity contribution in [3.63, 3.8) is 0 Å². The minimum absolute atomic E-state index is 0.116. The molecule has 0 aliphatic rings. The summed E-state index contributed by atoms with van der Waals surface area (Å²) in [6.07, 6.45) is 1.90. The first-order valence-corrected chi connectivity index (χ1v) is 4.41. The van der Waals surface area contributed by atoms with Crippen LogP contribution in [0.4, 0.5) is 0 Å². The molecule has 11 heavy (non-hydrogen) atoms. The van der Waals surface area contributed by atoms with Crippen LogP contribution in [0.3, 0.4) is 0 Å². The maximum absolute atomic E-state index is 5.94. The van der Waals surface area contributed by atoms with E-state index in [1.807, 2.05) is 13.0 Å². The second-order valence-electron chi connectivity index (χ2n) is 3.11. The Labute approximate surface area is 74.9 Å². The van der Waals surface area contributed by atoms with Gasteiger partial charge < -0.3 is 0 Å². The van der Waals surface area contributed by atoms with Crippen molar-refractivity contribution in [2.75, 3.05) is 0 Å². The third-order valence-corrected chi connectivity index (χ3v) is 2.22. The molecule has 0 radical (unpaired) electrons. The van der Waals surface area contributed by atoms with Gasteiger partial charge in [0.05, 0.1) is 5.38 Å². The van der Waals surface area contributed by atoms with Crippen molar-refractivity contribution in [1.29, 1.82) is 0 Å². The molecule has 0 nitrogen and oxygen atoms in total. The fourth-order valence-corrected chi connectivity index (χ4v) is 1.21. The lowest BCUT2D eigenvalue weighted by molar-refractivity contribution is 0.772. The zero-order valence-corrected chi connectivity index (χ0v) is 8.57. The molecule has 0 bridgehead atoms. The number of allylic oxidation sites excluding steroid dienone is 3. The molecule has 0 fully saturated rings. The van der Waals surface area contributed by atoms with Crippen LogP contribution in [-0.4, -0.2) is 5.38 Å². The zero-order valence-electron chi connectivity index (χ0n) is 7.82. The predicted molar refractivity (Wildman–Crippen MR) is 53.1 cm³/mol. The van der Waals surface area contributed by atoms with E-state index >= 15 is 0 Å². The molecule has 0 rings (SSSR count). The minimum atomic E-state index is 0.116. The van der Waals surface area contributed by atoms with Crippen LogP contribution in [0.5, 0.6) is 0 Å². The molecular formula is C10H17Cl. The molecule has 1 atom stereocenters. The standard InChI is InChI=1S/C10H17Cl/c1-6-10(7(2)3)8(4)9(5)11/h6-7,9H,1H2,2-5H3/b10-8+. The highest BCUT2D eigenvalue weighted by molar-refractivity contribution is 6.22. The molecule has 0 spiro atoms. The summed E-state index contributed by atoms with van der Waals surface area (Å²) in [5.41, 5.74) is 2.50. The van der Waals surface area contributed by atoms with E-state index in [1.165, 1.54) is 11.1 Å². The Hall–Kier alpha value is -0.230. The van der Waals surface area contributed by atoms with Gasteiger partial charge in [0.15, 0.2) is 0 Å². The Kier molecular flexibility index (Phi) is 4.51. The highest BCUT2D eigenvalue weighted by atomic mass is 35.5. The first-order valence-electron chi connectivity index (χ1n) is 3.97. The number of alkyl halides is 1. The van der Waals surface area contributed by atoms with E-state index < -0.39 is 0 Å². The quantitative estimate of drug-likeness (QED) is 0.449. The number of halogens is 1. The summed E-state index contributed by atoms with van der Waals surface area (Å²) < 4.78 is 0. The summed E-state index contributed by atoms with van der Waals surface area (Å²) in [5, 5.41) is 0.116. The van der Waals surface area contributed by atoms with Crippen molar-refractivity contribution in [1.82, 2.24) is 0 Å². The molecule has 64 valence electrons. The topological polar surface area (TPSA) is 0 Å². The monoisotopic (exact) mass is 172 g/mol. The lowest BCUT2D eigenvalue weighted by atomic mass is 9.97. The van der Waals surface area contributed by atoms with Crippen molar-refractivity contribution in [3.8, 4) is 0 Å². The van der Waals surface area contributed by atoms with Crippen LogP contribution in [0.25, 0.3) is 0 Å². The van der Waals surface area contributed by atoms with E-state index in [1.54, 1.807) is 0 Å². The third-order valence-electron chi connectivity index (χ3n) is 1.89. The molecule has 0 saturated heterocycles. The predicted octanol–water partition coefficient (Wildman–Crippen LogP) is 3.77. The zero-order chi connectivity index (χ0) is 9.02. The van der Waals surface area contributed by atoms with E-state index in [9.17, 15) is 0 Å². The average molecular weight is 173 g/mol. The summed E-state index contributed by atoms with van der Waals surface area (Å²) in [6, 6.07) is 0. The van der Waals surface area contributed by atoms with Crippen LogP contribution in [0.1, 0.15) is 27.7 Å². The normalized spacial score (nSPS) is 16.2. The Morgan fingerprint density at radius 2 is 1.82 bits per heavy atom. The van der Waals surface area contributed by atoms with Gasteiger partial charge in [-0.05, 0) is 25.3 Å². The Bertz CT molecular complexity index is 164. The molecule has 1 heteroatoms. The SMILES string of the molecule is C=C/C(=C(/C)C(C)Cl)C(C)C. The summed E-state index contributed by atoms with van der Waals surface area (Å²) in [6.45, 7) is 12.1. The van der Waals surface area contributed by atoms with Crippen molar-refractivity contribution in [2.24, 2.45) is 5.92 Å². The molecule has 0 N–H and O–H groups in total. The molecule has 0 aromatic heterocycles. The molecule has 0 amide bonds. The maximum atomic E-state index is 5.94. The van der Waals surface area contributed by atoms with E-state index in [4.69, 9.17) is 11.6 Å². The van der Waals surface area contributed by atoms with Gasteiger partial charge in [0.25, 0.3) is 0 Å². The van der Waals surface area contributed by atoms with Gasteiger partial charge in [-0.25, -0.2) is 0 Å². The molecule has 0 aliphatic heterocycles. The second-order valence-corrected chi connectivity index (χ2v) is 3.77. The Morgan fingerprint density at radius 1 is 1.36 bits per heavy atom. The molecule has 0 aromatic rings. The lowest BCUT2D eigenvalue weighted by Gasteiger charge is -2.13. The average Bonchev–Trinajstić information content (AvgIpc) is 1.88. The van der Waals surface area contributed by atoms with Crippen molar-refractivity contribution >= 4 is 11.6 Å². The van der Waals surface area contributed by atoms with Gasteiger partial charge in [-0.3, -0.25) is 0 Å². The molecule has 0 aromatic carbocycles. The highest BCUT2D eigenvalue weighted by Crippen LogP contribution is 2.20. The van der Waals surface area contributed by atoms with Gasteiger partial charge in [0, 0.05) is 0 Å². The molecule has 0 heterocycles. The van der Waals surface area contributed by atoms with Crippen LogP contribution in [0, 0.1) is 5.92 Å². The van der Waals surface area contributed by atoms with Crippen LogP contribution in [0.2, 0.25) is 0 Å². The summed E-state index contributed by atoms with van der Waals surface area (Å²) in [5.74, 6) is 0.522. The van der Waals surface area contributed by atoms with Crippen molar-refractivity contribution < 1.29 is 0 Å². The minimum Gasteiger partial charge on any atom is -0.118 e. The van der Waals surface area contributed by atoms with Gasteiger partial charge in [0.2, 0.25) is 0 Å². The first-order chi connectivity index (χ1) is 5.00. The largest absolute Gasteiger partial charge is 0.118 e. The molecule has 0 saturated carbocycles. The van der Waals surface area contributed by atoms with Crippen LogP contribution in [0.15, 0.2) is 23.8 Å². The van der Waals surface area contributed by atoms with Crippen LogP contribution >= 0.6 is 11.6 Å². The van der Waals surface area contributed by atoms with Gasteiger partial charge in [-0.1, -0.05) is 32.1 Å². The summed E-state index contributed by atoms with van der Waals surface area (Å²) in [4.78, 5) is 0. The highest BCUT2D eigenvalue weighted by Gasteiger charge is 2.07. The summed E-state index contributed by atoms with van der Waals surface area (Å²) in [7, 11) is 0. The number of rotatable bonds is 3. The van der Waals surface area contributed by atoms with Crippen molar-refractivity contribution in [3.05, 3.63) is 23.8 Å². The number of hydrogen-bond acceptors (Lipinski definition) is 0. The summed E-state index contributed by atoms with van der Waals surface area (Å²) >= 11 is 5.94. The van der Waals surface area contributed by atoms with E-state index in [2.05, 4.69) is 27.4 Å². The van der Waals surface area contributed by atoms with Crippen LogP contribution in [-0.2, 0) is 0 Å². The fraction of sp³-hybridized carbons (Fsp3) is 0.600. The van der Waals surface area contributed by atoms with Crippen molar-refractivity contribution in [2.45, 2.75) is 33.1 Å². The molecule has 0 aliphatic carbocycles. The smallest absolute Gasteiger partial charge is 0.0520 e. The van der Waals surface area contributed by atoms with Crippen LogP contribution < -0.4 is 0 Å². The Morgan fingerprint density at radius 3 is 1.91 bits per heavy atom. The van der Waals surface area contributed by atoms with E-state index in [-0.39, 0.29) is 5.38 Å². The van der Waals surface area contributed by atoms with E-state index in [0.717, 1.165) is 0 Å². The van der Waals surface area contributed by atoms with Gasteiger partial charge >= 0.3 is 0 Å².